The molecule has 0 bridgehead atoms. The van der Waals surface area contributed by atoms with Crippen LogP contribution in [-0.2, 0) is 0 Å². The molecular formula is C13H17N3O2. The van der Waals surface area contributed by atoms with E-state index in [-0.39, 0.29) is 6.04 Å². The molecule has 18 heavy (non-hydrogen) atoms. The number of nitrogens with one attached hydrogen (secondary N) is 1. The van der Waals surface area contributed by atoms with E-state index in [4.69, 9.17) is 9.15 Å². The quantitative estimate of drug-likeness (QED) is 0.880. The number of aromatic nitrogens is 2. The first-order chi connectivity index (χ1) is 8.69. The third kappa shape index (κ3) is 3.00. The van der Waals surface area contributed by atoms with Gasteiger partial charge >= 0.3 is 0 Å². The second-order valence-electron chi connectivity index (χ2n) is 3.99. The molecule has 96 valence electrons. The van der Waals surface area contributed by atoms with E-state index in [1.165, 1.54) is 0 Å². The molecule has 5 heteroatoms. The standard InChI is InChI=1S/C13H17N3O2/c1-4-17-12-8-9(2)14-13(16-12)15-10(3)11-6-5-7-18-11/h5-8,10H,4H2,1-3H3,(H,14,15,16). The van der Waals surface area contributed by atoms with Gasteiger partial charge in [-0.3, -0.25) is 0 Å². The van der Waals surface area contributed by atoms with Crippen molar-refractivity contribution in [3.8, 4) is 5.88 Å². The van der Waals surface area contributed by atoms with Crippen molar-refractivity contribution < 1.29 is 9.15 Å². The van der Waals surface area contributed by atoms with Crippen molar-refractivity contribution in [1.82, 2.24) is 9.97 Å². The summed E-state index contributed by atoms with van der Waals surface area (Å²) in [6.45, 7) is 6.41. The van der Waals surface area contributed by atoms with Crippen molar-refractivity contribution in [2.45, 2.75) is 26.8 Å². The Balaban J connectivity index is 2.13. The molecule has 2 aromatic rings. The molecule has 0 aromatic carbocycles. The molecule has 0 saturated heterocycles. The molecule has 0 spiro atoms. The Hall–Kier alpha value is -2.04. The second kappa shape index (κ2) is 5.53. The van der Waals surface area contributed by atoms with Gasteiger partial charge in [-0.2, -0.15) is 4.98 Å². The van der Waals surface area contributed by atoms with Gasteiger partial charge in [-0.25, -0.2) is 4.98 Å². The van der Waals surface area contributed by atoms with Crippen LogP contribution >= 0.6 is 0 Å². The van der Waals surface area contributed by atoms with E-state index in [0.717, 1.165) is 11.5 Å². The molecule has 0 aliphatic carbocycles. The van der Waals surface area contributed by atoms with Gasteiger partial charge in [0, 0.05) is 11.8 Å². The summed E-state index contributed by atoms with van der Waals surface area (Å²) in [6, 6.07) is 5.59. The summed E-state index contributed by atoms with van der Waals surface area (Å²) in [5.41, 5.74) is 0.864. The largest absolute Gasteiger partial charge is 0.478 e. The molecule has 2 rings (SSSR count). The lowest BCUT2D eigenvalue weighted by Gasteiger charge is -2.12. The number of furan rings is 1. The highest BCUT2D eigenvalue weighted by molar-refractivity contribution is 5.33. The fraction of sp³-hybridized carbons (Fsp3) is 0.385. The van der Waals surface area contributed by atoms with Crippen LogP contribution in [0.1, 0.15) is 31.3 Å². The highest BCUT2D eigenvalue weighted by Gasteiger charge is 2.10. The van der Waals surface area contributed by atoms with E-state index in [0.29, 0.717) is 18.4 Å². The molecule has 1 N–H and O–H groups in total. The van der Waals surface area contributed by atoms with E-state index in [2.05, 4.69) is 15.3 Å². The van der Waals surface area contributed by atoms with Gasteiger partial charge in [-0.1, -0.05) is 0 Å². The van der Waals surface area contributed by atoms with Crippen molar-refractivity contribution in [1.29, 1.82) is 0 Å². The van der Waals surface area contributed by atoms with E-state index in [1.807, 2.05) is 39.0 Å². The smallest absolute Gasteiger partial charge is 0.226 e. The zero-order valence-electron chi connectivity index (χ0n) is 10.8. The zero-order chi connectivity index (χ0) is 13.0. The first-order valence-electron chi connectivity index (χ1n) is 5.97. The Morgan fingerprint density at radius 2 is 2.28 bits per heavy atom. The monoisotopic (exact) mass is 247 g/mol. The summed E-state index contributed by atoms with van der Waals surface area (Å²) >= 11 is 0. The zero-order valence-corrected chi connectivity index (χ0v) is 10.8. The van der Waals surface area contributed by atoms with Crippen LogP contribution in [0.2, 0.25) is 0 Å². The highest BCUT2D eigenvalue weighted by Crippen LogP contribution is 2.19. The highest BCUT2D eigenvalue weighted by atomic mass is 16.5. The number of nitrogens with zero attached hydrogens (tertiary/aromatic N) is 2. The van der Waals surface area contributed by atoms with Gasteiger partial charge in [0.2, 0.25) is 11.8 Å². The summed E-state index contributed by atoms with van der Waals surface area (Å²) in [7, 11) is 0. The summed E-state index contributed by atoms with van der Waals surface area (Å²) < 4.78 is 10.7. The lowest BCUT2D eigenvalue weighted by molar-refractivity contribution is 0.326. The molecule has 2 heterocycles. The summed E-state index contributed by atoms with van der Waals surface area (Å²) in [5, 5.41) is 3.19. The van der Waals surface area contributed by atoms with Gasteiger partial charge in [-0.05, 0) is 32.9 Å². The number of hydrogen-bond donors (Lipinski definition) is 1. The third-order valence-corrected chi connectivity index (χ3v) is 2.44. The minimum Gasteiger partial charge on any atom is -0.478 e. The van der Waals surface area contributed by atoms with Crippen LogP contribution in [0.4, 0.5) is 5.95 Å². The molecular weight excluding hydrogens is 230 g/mol. The maximum Gasteiger partial charge on any atom is 0.226 e. The number of hydrogen-bond acceptors (Lipinski definition) is 5. The minimum absolute atomic E-state index is 0.0104. The van der Waals surface area contributed by atoms with Crippen LogP contribution in [-0.4, -0.2) is 16.6 Å². The number of aryl methyl sites for hydroxylation is 1. The molecule has 0 saturated carbocycles. The van der Waals surface area contributed by atoms with Crippen molar-refractivity contribution in [2.75, 3.05) is 11.9 Å². The van der Waals surface area contributed by atoms with Gasteiger partial charge in [0.25, 0.3) is 0 Å². The Kier molecular flexibility index (Phi) is 3.82. The van der Waals surface area contributed by atoms with Gasteiger partial charge in [-0.15, -0.1) is 0 Å². The minimum atomic E-state index is 0.0104. The molecule has 1 atom stereocenters. The molecule has 0 fully saturated rings. The van der Waals surface area contributed by atoms with Crippen LogP contribution in [0.15, 0.2) is 28.9 Å². The van der Waals surface area contributed by atoms with Crippen LogP contribution in [0.5, 0.6) is 5.88 Å². The summed E-state index contributed by atoms with van der Waals surface area (Å²) in [6.07, 6.45) is 1.65. The Bertz CT molecular complexity index is 497. The maximum atomic E-state index is 5.39. The second-order valence-corrected chi connectivity index (χ2v) is 3.99. The predicted molar refractivity (Wildman–Crippen MR) is 68.7 cm³/mol. The molecule has 0 aliphatic heterocycles. The molecule has 5 nitrogen and oxygen atoms in total. The summed E-state index contributed by atoms with van der Waals surface area (Å²) in [4.78, 5) is 8.61. The van der Waals surface area contributed by atoms with E-state index < -0.39 is 0 Å². The van der Waals surface area contributed by atoms with Crippen molar-refractivity contribution in [3.63, 3.8) is 0 Å². The average Bonchev–Trinajstić information content (AvgIpc) is 2.81. The van der Waals surface area contributed by atoms with Crippen LogP contribution in [0, 0.1) is 6.92 Å². The number of rotatable bonds is 5. The lowest BCUT2D eigenvalue weighted by atomic mass is 10.2. The van der Waals surface area contributed by atoms with Crippen LogP contribution in [0.25, 0.3) is 0 Å². The molecule has 2 aromatic heterocycles. The maximum absolute atomic E-state index is 5.39. The predicted octanol–water partition coefficient (Wildman–Crippen LogP) is 2.95. The third-order valence-electron chi connectivity index (χ3n) is 2.44. The molecule has 0 radical (unpaired) electrons. The van der Waals surface area contributed by atoms with Crippen LogP contribution in [0.3, 0.4) is 0 Å². The Morgan fingerprint density at radius 1 is 1.44 bits per heavy atom. The molecule has 0 aliphatic rings. The molecule has 1 unspecified atom stereocenters. The van der Waals surface area contributed by atoms with Gasteiger partial charge in [0.05, 0.1) is 18.9 Å². The first kappa shape index (κ1) is 12.4. The van der Waals surface area contributed by atoms with E-state index >= 15 is 0 Å². The fourth-order valence-corrected chi connectivity index (χ4v) is 1.63. The lowest BCUT2D eigenvalue weighted by Crippen LogP contribution is -2.10. The summed E-state index contributed by atoms with van der Waals surface area (Å²) in [5.74, 6) is 1.97. The molecule has 0 amide bonds. The van der Waals surface area contributed by atoms with Crippen molar-refractivity contribution in [2.24, 2.45) is 0 Å². The van der Waals surface area contributed by atoms with E-state index in [1.54, 1.807) is 6.26 Å². The van der Waals surface area contributed by atoms with Gasteiger partial charge < -0.3 is 14.5 Å². The number of anilines is 1. The van der Waals surface area contributed by atoms with E-state index in [9.17, 15) is 0 Å². The number of ether oxygens (including phenoxy) is 1. The van der Waals surface area contributed by atoms with Gasteiger partial charge in [0.1, 0.15) is 5.76 Å². The fourth-order valence-electron chi connectivity index (χ4n) is 1.63. The van der Waals surface area contributed by atoms with Crippen molar-refractivity contribution >= 4 is 5.95 Å². The SMILES string of the molecule is CCOc1cc(C)nc(NC(C)c2ccco2)n1. The topological polar surface area (TPSA) is 60.2 Å². The first-order valence-corrected chi connectivity index (χ1v) is 5.97. The average molecular weight is 247 g/mol. The Morgan fingerprint density at radius 3 is 2.94 bits per heavy atom. The normalized spacial score (nSPS) is 12.2. The van der Waals surface area contributed by atoms with Gasteiger partial charge in [0.15, 0.2) is 0 Å². The van der Waals surface area contributed by atoms with Crippen LogP contribution < -0.4 is 10.1 Å². The van der Waals surface area contributed by atoms with Crippen molar-refractivity contribution in [3.05, 3.63) is 35.9 Å². The Labute approximate surface area is 106 Å².